The van der Waals surface area contributed by atoms with Crippen molar-refractivity contribution in [2.45, 2.75) is 32.2 Å². The maximum atomic E-state index is 12.1. The van der Waals surface area contributed by atoms with Crippen molar-refractivity contribution in [3.63, 3.8) is 0 Å². The van der Waals surface area contributed by atoms with Gasteiger partial charge in [-0.2, -0.15) is 0 Å². The van der Waals surface area contributed by atoms with Crippen molar-refractivity contribution in [1.29, 1.82) is 0 Å². The van der Waals surface area contributed by atoms with Gasteiger partial charge in [0.25, 0.3) is 5.91 Å². The quantitative estimate of drug-likeness (QED) is 0.830. The van der Waals surface area contributed by atoms with Gasteiger partial charge in [0.15, 0.2) is 6.61 Å². The summed E-state index contributed by atoms with van der Waals surface area (Å²) in [4.78, 5) is 24.0. The van der Waals surface area contributed by atoms with E-state index < -0.39 is 5.97 Å². The van der Waals surface area contributed by atoms with Gasteiger partial charge >= 0.3 is 5.97 Å². The highest BCUT2D eigenvalue weighted by atomic mass is 35.5. The van der Waals surface area contributed by atoms with Crippen LogP contribution >= 0.6 is 11.6 Å². The van der Waals surface area contributed by atoms with Crippen molar-refractivity contribution in [2.24, 2.45) is 0 Å². The molecular weight excluding hydrogens is 338 g/mol. The summed E-state index contributed by atoms with van der Waals surface area (Å²) in [7, 11) is 0. The molecule has 0 bridgehead atoms. The standard InChI is InChI=1S/C20H20ClNO3/c21-18-7-3-4-14(10-18)12-22-19(23)13-25-20(24)17-9-8-15-5-1-2-6-16(15)11-17/h3-4,7-11H,1-2,5-6,12-13H2,(H,22,23). The van der Waals surface area contributed by atoms with Gasteiger partial charge in [0.2, 0.25) is 0 Å². The molecule has 1 aliphatic carbocycles. The number of benzene rings is 2. The van der Waals surface area contributed by atoms with E-state index in [4.69, 9.17) is 16.3 Å². The average Bonchev–Trinajstić information content (AvgIpc) is 2.64. The summed E-state index contributed by atoms with van der Waals surface area (Å²) < 4.78 is 5.12. The molecule has 0 radical (unpaired) electrons. The van der Waals surface area contributed by atoms with Crippen molar-refractivity contribution in [2.75, 3.05) is 6.61 Å². The molecule has 2 aromatic carbocycles. The SMILES string of the molecule is O=C(COC(=O)c1ccc2c(c1)CCCC2)NCc1cccc(Cl)c1. The summed E-state index contributed by atoms with van der Waals surface area (Å²) in [5.74, 6) is -0.808. The van der Waals surface area contributed by atoms with E-state index in [2.05, 4.69) is 5.32 Å². The van der Waals surface area contributed by atoms with Gasteiger partial charge in [0.05, 0.1) is 5.56 Å². The highest BCUT2D eigenvalue weighted by molar-refractivity contribution is 6.30. The fourth-order valence-electron chi connectivity index (χ4n) is 2.97. The van der Waals surface area contributed by atoms with E-state index >= 15 is 0 Å². The summed E-state index contributed by atoms with van der Waals surface area (Å²) in [6.45, 7) is 0.0479. The lowest BCUT2D eigenvalue weighted by atomic mass is 9.90. The van der Waals surface area contributed by atoms with E-state index in [1.54, 1.807) is 18.2 Å². The Hall–Kier alpha value is -2.33. The summed E-state index contributed by atoms with van der Waals surface area (Å²) >= 11 is 5.90. The van der Waals surface area contributed by atoms with Crippen LogP contribution in [0.4, 0.5) is 0 Å². The van der Waals surface area contributed by atoms with E-state index in [0.717, 1.165) is 24.8 Å². The first-order valence-electron chi connectivity index (χ1n) is 8.42. The number of carbonyl (C=O) groups excluding carboxylic acids is 2. The Bertz CT molecular complexity index is 788. The molecule has 130 valence electrons. The van der Waals surface area contributed by atoms with Gasteiger partial charge in [0, 0.05) is 11.6 Å². The van der Waals surface area contributed by atoms with Crippen LogP contribution in [0.15, 0.2) is 42.5 Å². The van der Waals surface area contributed by atoms with Gasteiger partial charge in [-0.1, -0.05) is 29.8 Å². The fourth-order valence-corrected chi connectivity index (χ4v) is 3.19. The topological polar surface area (TPSA) is 55.4 Å². The van der Waals surface area contributed by atoms with Crippen LogP contribution in [-0.4, -0.2) is 18.5 Å². The number of hydrogen-bond donors (Lipinski definition) is 1. The maximum Gasteiger partial charge on any atom is 0.338 e. The molecule has 1 amide bonds. The molecule has 0 spiro atoms. The molecule has 5 heteroatoms. The summed E-state index contributed by atoms with van der Waals surface area (Å²) in [6.07, 6.45) is 4.41. The Morgan fingerprint density at radius 2 is 1.84 bits per heavy atom. The van der Waals surface area contributed by atoms with Crippen LogP contribution in [0, 0.1) is 0 Å². The number of rotatable bonds is 5. The molecule has 0 aromatic heterocycles. The Labute approximate surface area is 152 Å². The molecule has 4 nitrogen and oxygen atoms in total. The number of amides is 1. The maximum absolute atomic E-state index is 12.1. The first kappa shape index (κ1) is 17.5. The number of aryl methyl sites for hydroxylation is 2. The van der Waals surface area contributed by atoms with Crippen molar-refractivity contribution in [1.82, 2.24) is 5.32 Å². The Morgan fingerprint density at radius 1 is 1.04 bits per heavy atom. The highest BCUT2D eigenvalue weighted by Gasteiger charge is 2.14. The van der Waals surface area contributed by atoms with E-state index in [9.17, 15) is 9.59 Å². The second-order valence-corrected chi connectivity index (χ2v) is 6.61. The van der Waals surface area contributed by atoms with Gasteiger partial charge in [-0.05, 0) is 66.6 Å². The molecule has 0 heterocycles. The minimum Gasteiger partial charge on any atom is -0.452 e. The summed E-state index contributed by atoms with van der Waals surface area (Å²) in [6, 6.07) is 12.9. The number of ether oxygens (including phenoxy) is 1. The van der Waals surface area contributed by atoms with Crippen LogP contribution in [0.1, 0.15) is 39.9 Å². The van der Waals surface area contributed by atoms with E-state index in [0.29, 0.717) is 17.1 Å². The molecule has 0 atom stereocenters. The fraction of sp³-hybridized carbons (Fsp3) is 0.300. The second kappa shape index (κ2) is 8.17. The Kier molecular flexibility index (Phi) is 5.71. The van der Waals surface area contributed by atoms with Crippen LogP contribution in [-0.2, 0) is 28.9 Å². The Morgan fingerprint density at radius 3 is 2.64 bits per heavy atom. The summed E-state index contributed by atoms with van der Waals surface area (Å²) in [5.41, 5.74) is 3.92. The molecule has 0 saturated heterocycles. The molecule has 3 rings (SSSR count). The zero-order valence-corrected chi connectivity index (χ0v) is 14.6. The molecule has 2 aromatic rings. The molecule has 0 saturated carbocycles. The average molecular weight is 358 g/mol. The number of carbonyl (C=O) groups is 2. The van der Waals surface area contributed by atoms with Crippen LogP contribution < -0.4 is 5.32 Å². The first-order chi connectivity index (χ1) is 12.1. The molecule has 0 unspecified atom stereocenters. The molecular formula is C20H20ClNO3. The zero-order valence-electron chi connectivity index (χ0n) is 13.9. The number of hydrogen-bond acceptors (Lipinski definition) is 3. The molecule has 25 heavy (non-hydrogen) atoms. The van der Waals surface area contributed by atoms with Crippen molar-refractivity contribution in [3.8, 4) is 0 Å². The number of esters is 1. The lowest BCUT2D eigenvalue weighted by molar-refractivity contribution is -0.124. The minimum absolute atomic E-state index is 0.295. The predicted molar refractivity (Wildman–Crippen MR) is 96.7 cm³/mol. The van der Waals surface area contributed by atoms with Gasteiger partial charge in [-0.25, -0.2) is 4.79 Å². The normalized spacial score (nSPS) is 13.0. The smallest absolute Gasteiger partial charge is 0.338 e. The summed E-state index contributed by atoms with van der Waals surface area (Å²) in [5, 5.41) is 3.32. The Balaban J connectivity index is 1.49. The van der Waals surface area contributed by atoms with Gasteiger partial charge in [-0.15, -0.1) is 0 Å². The van der Waals surface area contributed by atoms with Gasteiger partial charge < -0.3 is 10.1 Å². The third kappa shape index (κ3) is 4.83. The monoisotopic (exact) mass is 357 g/mol. The molecule has 1 N–H and O–H groups in total. The third-order valence-corrected chi connectivity index (χ3v) is 4.53. The highest BCUT2D eigenvalue weighted by Crippen LogP contribution is 2.22. The van der Waals surface area contributed by atoms with Crippen molar-refractivity contribution < 1.29 is 14.3 Å². The first-order valence-corrected chi connectivity index (χ1v) is 8.80. The third-order valence-electron chi connectivity index (χ3n) is 4.30. The molecule has 1 aliphatic rings. The van der Waals surface area contributed by atoms with E-state index in [-0.39, 0.29) is 12.5 Å². The predicted octanol–water partition coefficient (Wildman–Crippen LogP) is 3.69. The lowest BCUT2D eigenvalue weighted by Gasteiger charge is -2.16. The van der Waals surface area contributed by atoms with Crippen LogP contribution in [0.2, 0.25) is 5.02 Å². The number of halogens is 1. The van der Waals surface area contributed by atoms with Crippen LogP contribution in [0.3, 0.4) is 0 Å². The van der Waals surface area contributed by atoms with E-state index in [1.165, 1.54) is 17.5 Å². The van der Waals surface area contributed by atoms with Crippen molar-refractivity contribution >= 4 is 23.5 Å². The minimum atomic E-state index is -0.466. The molecule has 0 fully saturated rings. The van der Waals surface area contributed by atoms with Crippen LogP contribution in [0.5, 0.6) is 0 Å². The largest absolute Gasteiger partial charge is 0.452 e. The zero-order chi connectivity index (χ0) is 17.6. The van der Waals surface area contributed by atoms with Crippen molar-refractivity contribution in [3.05, 3.63) is 69.7 Å². The second-order valence-electron chi connectivity index (χ2n) is 6.17. The van der Waals surface area contributed by atoms with Gasteiger partial charge in [-0.3, -0.25) is 4.79 Å². The van der Waals surface area contributed by atoms with Gasteiger partial charge in [0.1, 0.15) is 0 Å². The number of nitrogens with one attached hydrogen (secondary N) is 1. The van der Waals surface area contributed by atoms with Crippen LogP contribution in [0.25, 0.3) is 0 Å². The lowest BCUT2D eigenvalue weighted by Crippen LogP contribution is -2.28. The number of fused-ring (bicyclic) bond motifs is 1. The molecule has 0 aliphatic heterocycles. The van der Waals surface area contributed by atoms with E-state index in [1.807, 2.05) is 24.3 Å².